The molecule has 0 spiro atoms. The molecular formula is C42H29N5. The Bertz CT molecular complexity index is 2640. The van der Waals surface area contributed by atoms with Gasteiger partial charge in [0.15, 0.2) is 11.6 Å². The zero-order valence-electron chi connectivity index (χ0n) is 26.0. The topological polar surface area (TPSA) is 48.5 Å². The van der Waals surface area contributed by atoms with Gasteiger partial charge in [0.25, 0.3) is 0 Å². The number of benzene rings is 6. The van der Waals surface area contributed by atoms with Crippen molar-refractivity contribution in [2.24, 2.45) is 0 Å². The van der Waals surface area contributed by atoms with Crippen LogP contribution in [-0.4, -0.2) is 24.1 Å². The Morgan fingerprint density at radius 2 is 1.00 bits per heavy atom. The molecule has 0 bridgehead atoms. The second-order valence-electron chi connectivity index (χ2n) is 12.9. The van der Waals surface area contributed by atoms with Gasteiger partial charge in [-0.1, -0.05) is 129 Å². The van der Waals surface area contributed by atoms with Crippen LogP contribution in [0.2, 0.25) is 0 Å². The quantitative estimate of drug-likeness (QED) is 0.202. The highest BCUT2D eigenvalue weighted by atomic mass is 15.2. The van der Waals surface area contributed by atoms with Crippen LogP contribution in [0.4, 0.5) is 0 Å². The molecule has 0 saturated carbocycles. The van der Waals surface area contributed by atoms with Crippen LogP contribution in [0.1, 0.15) is 25.0 Å². The minimum atomic E-state index is -0.117. The lowest BCUT2D eigenvalue weighted by molar-refractivity contribution is 0.630. The summed E-state index contributed by atoms with van der Waals surface area (Å²) in [6.07, 6.45) is 0. The van der Waals surface area contributed by atoms with Crippen molar-refractivity contribution in [3.8, 4) is 34.4 Å². The van der Waals surface area contributed by atoms with Crippen molar-refractivity contribution < 1.29 is 0 Å². The van der Waals surface area contributed by atoms with E-state index in [1.165, 1.54) is 44.0 Å². The van der Waals surface area contributed by atoms with E-state index in [1.807, 2.05) is 36.4 Å². The zero-order chi connectivity index (χ0) is 31.3. The van der Waals surface area contributed by atoms with Gasteiger partial charge in [-0.15, -0.1) is 0 Å². The molecule has 1 aliphatic rings. The SMILES string of the molecule is CC1(C)c2ccccc2-n2c3cc4c5ccccc5n(-c5nc(-c6ccccc6)nc(-c6ccccc6)n5)c4cc3c3cccc1c32. The predicted octanol–water partition coefficient (Wildman–Crippen LogP) is 10.0. The number of hydrogen-bond acceptors (Lipinski definition) is 3. The summed E-state index contributed by atoms with van der Waals surface area (Å²) < 4.78 is 4.70. The average molecular weight is 604 g/mol. The summed E-state index contributed by atoms with van der Waals surface area (Å²) in [4.78, 5) is 15.3. The van der Waals surface area contributed by atoms with Gasteiger partial charge in [-0.2, -0.15) is 9.97 Å². The van der Waals surface area contributed by atoms with Gasteiger partial charge in [-0.25, -0.2) is 4.98 Å². The monoisotopic (exact) mass is 603 g/mol. The molecule has 0 atom stereocenters. The second-order valence-corrected chi connectivity index (χ2v) is 12.9. The molecule has 1 aliphatic heterocycles. The molecule has 4 heterocycles. The van der Waals surface area contributed by atoms with Crippen LogP contribution in [0, 0.1) is 0 Å². The summed E-state index contributed by atoms with van der Waals surface area (Å²) in [5.41, 5.74) is 10.3. The number of aromatic nitrogens is 5. The molecule has 0 aliphatic carbocycles. The maximum absolute atomic E-state index is 5.14. The van der Waals surface area contributed by atoms with Crippen molar-refractivity contribution in [3.63, 3.8) is 0 Å². The number of hydrogen-bond donors (Lipinski definition) is 0. The van der Waals surface area contributed by atoms with Gasteiger partial charge in [0, 0.05) is 38.1 Å². The minimum Gasteiger partial charge on any atom is -0.309 e. The Morgan fingerprint density at radius 1 is 0.447 bits per heavy atom. The van der Waals surface area contributed by atoms with E-state index in [1.54, 1.807) is 0 Å². The van der Waals surface area contributed by atoms with Crippen molar-refractivity contribution in [2.45, 2.75) is 19.3 Å². The van der Waals surface area contributed by atoms with Gasteiger partial charge < -0.3 is 4.57 Å². The van der Waals surface area contributed by atoms with E-state index < -0.39 is 0 Å². The van der Waals surface area contributed by atoms with E-state index in [2.05, 4.69) is 126 Å². The minimum absolute atomic E-state index is 0.117. The molecule has 9 aromatic rings. The third kappa shape index (κ3) is 3.62. The summed E-state index contributed by atoms with van der Waals surface area (Å²) in [5, 5.41) is 4.80. The number of para-hydroxylation sites is 3. The fraction of sp³-hybridized carbons (Fsp3) is 0.0714. The summed E-state index contributed by atoms with van der Waals surface area (Å²) in [7, 11) is 0. The van der Waals surface area contributed by atoms with Crippen LogP contribution in [0.5, 0.6) is 0 Å². The first-order chi connectivity index (χ1) is 23.1. The third-order valence-corrected chi connectivity index (χ3v) is 9.96. The molecule has 10 rings (SSSR count). The largest absolute Gasteiger partial charge is 0.309 e. The van der Waals surface area contributed by atoms with Gasteiger partial charge in [-0.3, -0.25) is 4.57 Å². The second kappa shape index (κ2) is 9.47. The van der Waals surface area contributed by atoms with Crippen LogP contribution in [0.25, 0.3) is 78.0 Å². The van der Waals surface area contributed by atoms with E-state index in [0.717, 1.165) is 27.5 Å². The van der Waals surface area contributed by atoms with Crippen LogP contribution < -0.4 is 0 Å². The summed E-state index contributed by atoms with van der Waals surface area (Å²) in [6, 6.07) is 49.3. The highest BCUT2D eigenvalue weighted by Gasteiger charge is 2.35. The van der Waals surface area contributed by atoms with E-state index in [-0.39, 0.29) is 5.41 Å². The molecular weight excluding hydrogens is 574 g/mol. The van der Waals surface area contributed by atoms with Crippen molar-refractivity contribution in [3.05, 3.63) is 151 Å². The van der Waals surface area contributed by atoms with E-state index in [9.17, 15) is 0 Å². The first-order valence-electron chi connectivity index (χ1n) is 16.1. The Kier molecular flexibility index (Phi) is 5.28. The number of nitrogens with zero attached hydrogens (tertiary/aromatic N) is 5. The Labute approximate surface area is 271 Å². The summed E-state index contributed by atoms with van der Waals surface area (Å²) >= 11 is 0. The van der Waals surface area contributed by atoms with Crippen molar-refractivity contribution in [2.75, 3.05) is 0 Å². The predicted molar refractivity (Wildman–Crippen MR) is 192 cm³/mol. The van der Waals surface area contributed by atoms with Crippen LogP contribution in [0.15, 0.2) is 140 Å². The molecule has 0 fully saturated rings. The Balaban J connectivity index is 1.34. The smallest absolute Gasteiger partial charge is 0.238 e. The van der Waals surface area contributed by atoms with Crippen LogP contribution in [0.3, 0.4) is 0 Å². The Hall–Kier alpha value is -6.07. The lowest BCUT2D eigenvalue weighted by Crippen LogP contribution is -2.26. The summed E-state index contributed by atoms with van der Waals surface area (Å²) in [5.74, 6) is 1.89. The number of fused-ring (bicyclic) bond motifs is 8. The molecule has 222 valence electrons. The molecule has 0 radical (unpaired) electrons. The van der Waals surface area contributed by atoms with E-state index in [0.29, 0.717) is 17.6 Å². The average Bonchev–Trinajstić information content (AvgIpc) is 3.63. The molecule has 0 N–H and O–H groups in total. The molecule has 3 aromatic heterocycles. The van der Waals surface area contributed by atoms with Gasteiger partial charge in [0.2, 0.25) is 5.95 Å². The molecule has 0 amide bonds. The molecule has 47 heavy (non-hydrogen) atoms. The van der Waals surface area contributed by atoms with Gasteiger partial charge >= 0.3 is 0 Å². The van der Waals surface area contributed by atoms with Gasteiger partial charge in [-0.05, 0) is 35.4 Å². The van der Waals surface area contributed by atoms with Gasteiger partial charge in [0.1, 0.15) is 0 Å². The maximum Gasteiger partial charge on any atom is 0.238 e. The van der Waals surface area contributed by atoms with Crippen LogP contribution >= 0.6 is 0 Å². The highest BCUT2D eigenvalue weighted by molar-refractivity contribution is 6.19. The lowest BCUT2D eigenvalue weighted by Gasteiger charge is -2.34. The molecule has 0 saturated heterocycles. The van der Waals surface area contributed by atoms with Crippen molar-refractivity contribution in [1.82, 2.24) is 24.1 Å². The van der Waals surface area contributed by atoms with E-state index >= 15 is 0 Å². The normalized spacial score (nSPS) is 13.5. The first-order valence-corrected chi connectivity index (χ1v) is 16.1. The van der Waals surface area contributed by atoms with E-state index in [4.69, 9.17) is 15.0 Å². The fourth-order valence-corrected chi connectivity index (χ4v) is 7.74. The van der Waals surface area contributed by atoms with Crippen molar-refractivity contribution >= 4 is 43.6 Å². The van der Waals surface area contributed by atoms with Gasteiger partial charge in [0.05, 0.1) is 27.8 Å². The third-order valence-electron chi connectivity index (χ3n) is 9.96. The molecule has 5 heteroatoms. The number of rotatable bonds is 3. The molecule has 0 unspecified atom stereocenters. The van der Waals surface area contributed by atoms with Crippen molar-refractivity contribution in [1.29, 1.82) is 0 Å². The van der Waals surface area contributed by atoms with Crippen LogP contribution in [-0.2, 0) is 5.41 Å². The maximum atomic E-state index is 5.14. The summed E-state index contributed by atoms with van der Waals surface area (Å²) in [6.45, 7) is 4.68. The standard InChI is InChI=1S/C42H29N5/c1-42(2)32-20-10-12-23-35(32)46-36-24-30-28-18-9-11-22-34(28)47(37(30)25-31(36)29-19-13-21-33(42)38(29)46)41-44-39(26-14-5-3-6-15-26)43-40(45-41)27-16-7-4-8-17-27/h3-25H,1-2H3. The fourth-order valence-electron chi connectivity index (χ4n) is 7.74. The first kappa shape index (κ1) is 26.2. The lowest BCUT2D eigenvalue weighted by atomic mass is 9.75. The Morgan fingerprint density at radius 3 is 1.72 bits per heavy atom. The molecule has 5 nitrogen and oxygen atoms in total. The highest BCUT2D eigenvalue weighted by Crippen LogP contribution is 2.48. The molecule has 6 aromatic carbocycles. The zero-order valence-corrected chi connectivity index (χ0v) is 26.0.